The number of fused-ring (bicyclic) bond motifs is 1. The summed E-state index contributed by atoms with van der Waals surface area (Å²) in [6, 6.07) is 15.9. The highest BCUT2D eigenvalue weighted by Crippen LogP contribution is 2.28. The second kappa shape index (κ2) is 10.0. The number of amides is 2. The molecule has 2 aromatic carbocycles. The van der Waals surface area contributed by atoms with Crippen LogP contribution in [0.4, 0.5) is 5.69 Å². The molecule has 3 aromatic rings. The number of carbonyl (C=O) groups is 2. The van der Waals surface area contributed by atoms with Crippen LogP contribution >= 0.6 is 0 Å². The van der Waals surface area contributed by atoms with Crippen LogP contribution in [0.25, 0.3) is 5.69 Å². The van der Waals surface area contributed by atoms with Crippen molar-refractivity contribution in [1.29, 1.82) is 0 Å². The van der Waals surface area contributed by atoms with Gasteiger partial charge in [-0.3, -0.25) is 9.59 Å². The second-order valence-corrected chi connectivity index (χ2v) is 8.73. The van der Waals surface area contributed by atoms with E-state index in [1.54, 1.807) is 0 Å². The fraction of sp³-hybridized carbons (Fsp3) is 0.346. The average Bonchev–Trinajstić information content (AvgIpc) is 3.40. The van der Waals surface area contributed by atoms with Crippen molar-refractivity contribution in [3.63, 3.8) is 0 Å². The molecule has 0 aliphatic heterocycles. The number of aryl methyl sites for hydroxylation is 1. The van der Waals surface area contributed by atoms with Gasteiger partial charge in [-0.2, -0.15) is 5.10 Å². The third-order valence-corrected chi connectivity index (χ3v) is 5.86. The smallest absolute Gasteiger partial charge is 0.272 e. The molecule has 7 nitrogen and oxygen atoms in total. The quantitative estimate of drug-likeness (QED) is 0.557. The zero-order chi connectivity index (χ0) is 23.4. The van der Waals surface area contributed by atoms with E-state index >= 15 is 0 Å². The Morgan fingerprint density at radius 3 is 2.58 bits per heavy atom. The van der Waals surface area contributed by atoms with E-state index in [1.807, 2.05) is 47.9 Å². The number of hydrogen-bond acceptors (Lipinski definition) is 4. The maximum Gasteiger partial charge on any atom is 0.272 e. The van der Waals surface area contributed by atoms with Crippen LogP contribution < -0.4 is 10.6 Å². The maximum atomic E-state index is 13.0. The summed E-state index contributed by atoms with van der Waals surface area (Å²) in [5, 5.41) is 10.6. The topological polar surface area (TPSA) is 79.3 Å². The number of anilines is 1. The molecular weight excluding hydrogens is 414 g/mol. The molecule has 0 unspecified atom stereocenters. The normalized spacial score (nSPS) is 12.6. The molecule has 0 bridgehead atoms. The largest absolute Gasteiger partial charge is 0.347 e. The zero-order valence-corrected chi connectivity index (χ0v) is 19.5. The van der Waals surface area contributed by atoms with Crippen LogP contribution in [0.3, 0.4) is 0 Å². The Balaban J connectivity index is 1.46. The molecule has 172 valence electrons. The monoisotopic (exact) mass is 445 g/mol. The minimum Gasteiger partial charge on any atom is -0.347 e. The number of nitrogens with one attached hydrogen (secondary N) is 2. The Kier molecular flexibility index (Phi) is 6.89. The number of nitrogens with zero attached hydrogens (tertiary/aromatic N) is 3. The Labute approximate surface area is 194 Å². The van der Waals surface area contributed by atoms with Crippen LogP contribution in [-0.2, 0) is 30.6 Å². The number of benzene rings is 2. The lowest BCUT2D eigenvalue weighted by Gasteiger charge is -2.11. The molecule has 1 aromatic heterocycles. The molecule has 33 heavy (non-hydrogen) atoms. The summed E-state index contributed by atoms with van der Waals surface area (Å²) in [4.78, 5) is 26.9. The van der Waals surface area contributed by atoms with Gasteiger partial charge < -0.3 is 15.5 Å². The first-order valence-corrected chi connectivity index (χ1v) is 11.5. The number of rotatable bonds is 8. The summed E-state index contributed by atoms with van der Waals surface area (Å²) >= 11 is 0. The van der Waals surface area contributed by atoms with Crippen molar-refractivity contribution in [2.45, 2.75) is 39.2 Å². The van der Waals surface area contributed by atoms with Crippen LogP contribution in [0.15, 0.2) is 48.5 Å². The van der Waals surface area contributed by atoms with Gasteiger partial charge in [-0.15, -0.1) is 0 Å². The van der Waals surface area contributed by atoms with Gasteiger partial charge in [0.05, 0.1) is 12.2 Å². The molecule has 1 aliphatic carbocycles. The van der Waals surface area contributed by atoms with Crippen molar-refractivity contribution in [2.24, 2.45) is 0 Å². The molecule has 0 saturated carbocycles. The van der Waals surface area contributed by atoms with E-state index in [0.717, 1.165) is 48.2 Å². The van der Waals surface area contributed by atoms with Gasteiger partial charge >= 0.3 is 0 Å². The fourth-order valence-corrected chi connectivity index (χ4v) is 4.22. The van der Waals surface area contributed by atoms with Gasteiger partial charge in [0.1, 0.15) is 0 Å². The van der Waals surface area contributed by atoms with Gasteiger partial charge in [-0.05, 0) is 75.2 Å². The first-order valence-electron chi connectivity index (χ1n) is 11.5. The first kappa shape index (κ1) is 22.7. The summed E-state index contributed by atoms with van der Waals surface area (Å²) in [6.45, 7) is 2.81. The third-order valence-electron chi connectivity index (χ3n) is 5.86. The molecule has 4 rings (SSSR count). The van der Waals surface area contributed by atoms with E-state index in [-0.39, 0.29) is 11.8 Å². The van der Waals surface area contributed by atoms with E-state index in [4.69, 9.17) is 5.10 Å². The molecule has 0 atom stereocenters. The summed E-state index contributed by atoms with van der Waals surface area (Å²) in [7, 11) is 3.70. The van der Waals surface area contributed by atoms with Crippen molar-refractivity contribution < 1.29 is 9.59 Å². The Bertz CT molecular complexity index is 1150. The van der Waals surface area contributed by atoms with Gasteiger partial charge in [0.15, 0.2) is 5.69 Å². The summed E-state index contributed by atoms with van der Waals surface area (Å²) in [6.07, 6.45) is 3.83. The van der Waals surface area contributed by atoms with Crippen LogP contribution in [0.1, 0.15) is 46.2 Å². The summed E-state index contributed by atoms with van der Waals surface area (Å²) in [5.74, 6) is -0.242. The lowest BCUT2D eigenvalue weighted by molar-refractivity contribution is -0.116. The standard InChI is InChI=1S/C26H31N5O2/c1-4-18-11-13-21(14-12-18)31-23-10-6-9-22(23)25(29-31)26(33)27-16-19-7-5-8-20(15-19)28-24(32)17-30(2)3/h5,7-8,11-15H,4,6,9-10,16-17H2,1-3H3,(H,27,33)(H,28,32). The summed E-state index contributed by atoms with van der Waals surface area (Å²) in [5.41, 5.74) is 6.60. The van der Waals surface area contributed by atoms with Gasteiger partial charge in [-0.25, -0.2) is 4.68 Å². The highest BCUT2D eigenvalue weighted by molar-refractivity contribution is 5.94. The number of carbonyl (C=O) groups excluding carboxylic acids is 2. The first-order chi connectivity index (χ1) is 15.9. The highest BCUT2D eigenvalue weighted by Gasteiger charge is 2.26. The molecule has 0 spiro atoms. The van der Waals surface area contributed by atoms with E-state index in [2.05, 4.69) is 41.8 Å². The molecule has 2 amide bonds. The molecule has 0 fully saturated rings. The minimum absolute atomic E-state index is 0.0748. The maximum absolute atomic E-state index is 13.0. The van der Waals surface area contributed by atoms with Crippen LogP contribution in [-0.4, -0.2) is 47.1 Å². The average molecular weight is 446 g/mol. The van der Waals surface area contributed by atoms with Crippen molar-refractivity contribution in [2.75, 3.05) is 26.0 Å². The molecule has 2 N–H and O–H groups in total. The van der Waals surface area contributed by atoms with E-state index in [0.29, 0.717) is 24.5 Å². The molecule has 7 heteroatoms. The van der Waals surface area contributed by atoms with Gasteiger partial charge in [0.25, 0.3) is 5.91 Å². The Hall–Kier alpha value is -3.45. The predicted octanol–water partition coefficient (Wildman–Crippen LogP) is 3.35. The molecule has 0 radical (unpaired) electrons. The van der Waals surface area contributed by atoms with Gasteiger partial charge in [-0.1, -0.05) is 31.2 Å². The van der Waals surface area contributed by atoms with E-state index in [1.165, 1.54) is 5.56 Å². The molecular formula is C26H31N5O2. The van der Waals surface area contributed by atoms with Crippen LogP contribution in [0, 0.1) is 0 Å². The molecule has 0 saturated heterocycles. The predicted molar refractivity (Wildman–Crippen MR) is 130 cm³/mol. The van der Waals surface area contributed by atoms with Crippen molar-refractivity contribution >= 4 is 17.5 Å². The number of aromatic nitrogens is 2. The second-order valence-electron chi connectivity index (χ2n) is 8.73. The lowest BCUT2D eigenvalue weighted by Crippen LogP contribution is -2.27. The third kappa shape index (κ3) is 5.31. The van der Waals surface area contributed by atoms with Crippen molar-refractivity contribution in [3.05, 3.63) is 76.6 Å². The minimum atomic E-state index is -0.167. The summed E-state index contributed by atoms with van der Waals surface area (Å²) < 4.78 is 1.93. The van der Waals surface area contributed by atoms with E-state index < -0.39 is 0 Å². The van der Waals surface area contributed by atoms with Crippen LogP contribution in [0.5, 0.6) is 0 Å². The van der Waals surface area contributed by atoms with Crippen molar-refractivity contribution in [1.82, 2.24) is 20.0 Å². The molecule has 1 heterocycles. The highest BCUT2D eigenvalue weighted by atomic mass is 16.2. The van der Waals surface area contributed by atoms with Crippen LogP contribution in [0.2, 0.25) is 0 Å². The Morgan fingerprint density at radius 1 is 1.06 bits per heavy atom. The Morgan fingerprint density at radius 2 is 1.85 bits per heavy atom. The fourth-order valence-electron chi connectivity index (χ4n) is 4.22. The van der Waals surface area contributed by atoms with Gasteiger partial charge in [0, 0.05) is 23.5 Å². The SMILES string of the molecule is CCc1ccc(-n2nc(C(=O)NCc3cccc(NC(=O)CN(C)C)c3)c3c2CCC3)cc1. The zero-order valence-electron chi connectivity index (χ0n) is 19.5. The molecule has 1 aliphatic rings. The lowest BCUT2D eigenvalue weighted by atomic mass is 10.1. The van der Waals surface area contributed by atoms with E-state index in [9.17, 15) is 9.59 Å². The number of likely N-dealkylation sites (N-methyl/N-ethyl adjacent to an activating group) is 1. The van der Waals surface area contributed by atoms with Crippen molar-refractivity contribution in [3.8, 4) is 5.69 Å². The van der Waals surface area contributed by atoms with Gasteiger partial charge in [0.2, 0.25) is 5.91 Å². The number of hydrogen-bond donors (Lipinski definition) is 2.